The van der Waals surface area contributed by atoms with Crippen LogP contribution >= 0.6 is 11.3 Å². The number of fused-ring (bicyclic) bond motifs is 1. The van der Waals surface area contributed by atoms with Crippen LogP contribution in [0.15, 0.2) is 21.3 Å². The fraction of sp³-hybridized carbons (Fsp3) is 0.500. The first-order chi connectivity index (χ1) is 9.62. The Bertz CT molecular complexity index is 679. The van der Waals surface area contributed by atoms with Crippen molar-refractivity contribution in [3.8, 4) is 5.75 Å². The van der Waals surface area contributed by atoms with Gasteiger partial charge in [0.15, 0.2) is 11.3 Å². The van der Waals surface area contributed by atoms with Crippen LogP contribution in [0.1, 0.15) is 18.0 Å². The fourth-order valence-corrected chi connectivity index (χ4v) is 3.71. The molecule has 1 aromatic carbocycles. The van der Waals surface area contributed by atoms with E-state index in [2.05, 4.69) is 11.9 Å². The van der Waals surface area contributed by atoms with Crippen molar-refractivity contribution in [3.05, 3.63) is 27.4 Å². The molecule has 2 heterocycles. The number of nitrogens with zero attached hydrogens (tertiary/aromatic N) is 1. The van der Waals surface area contributed by atoms with Crippen LogP contribution in [0.4, 0.5) is 0 Å². The Morgan fingerprint density at radius 1 is 1.55 bits per heavy atom. The minimum Gasteiger partial charge on any atom is -0.493 e. The summed E-state index contributed by atoms with van der Waals surface area (Å²) in [7, 11) is 3.70. The van der Waals surface area contributed by atoms with E-state index in [9.17, 15) is 4.79 Å². The fourth-order valence-electron chi connectivity index (χ4n) is 2.98. The topological polar surface area (TPSA) is 68.7 Å². The van der Waals surface area contributed by atoms with Gasteiger partial charge in [-0.15, -0.1) is 0 Å². The summed E-state index contributed by atoms with van der Waals surface area (Å²) in [5, 5.41) is 0. The van der Waals surface area contributed by atoms with Crippen molar-refractivity contribution in [2.45, 2.75) is 12.5 Å². The number of benzene rings is 1. The van der Waals surface area contributed by atoms with E-state index >= 15 is 0 Å². The summed E-state index contributed by atoms with van der Waals surface area (Å²) in [4.78, 5) is 13.4. The number of hydrogen-bond donors (Lipinski definition) is 1. The van der Waals surface area contributed by atoms with E-state index < -0.39 is 0 Å². The van der Waals surface area contributed by atoms with E-state index in [1.54, 1.807) is 7.11 Å². The lowest BCUT2D eigenvalue weighted by Gasteiger charge is -2.20. The van der Waals surface area contributed by atoms with Crippen molar-refractivity contribution < 1.29 is 9.15 Å². The quantitative estimate of drug-likeness (QED) is 0.935. The van der Waals surface area contributed by atoms with Gasteiger partial charge in [0, 0.05) is 12.6 Å². The zero-order chi connectivity index (χ0) is 14.3. The number of ether oxygens (including phenoxy) is 1. The highest BCUT2D eigenvalue weighted by Crippen LogP contribution is 2.38. The van der Waals surface area contributed by atoms with Crippen molar-refractivity contribution in [2.75, 3.05) is 27.2 Å². The van der Waals surface area contributed by atoms with Gasteiger partial charge in [0.2, 0.25) is 0 Å². The second kappa shape index (κ2) is 5.20. The lowest BCUT2D eigenvalue weighted by atomic mass is 9.99. The van der Waals surface area contributed by atoms with Crippen molar-refractivity contribution in [1.82, 2.24) is 4.90 Å². The molecule has 0 saturated carbocycles. The molecule has 2 unspecified atom stereocenters. The molecule has 0 bridgehead atoms. The molecule has 2 aromatic rings. The summed E-state index contributed by atoms with van der Waals surface area (Å²) in [6.07, 6.45) is 1.04. The third-order valence-corrected chi connectivity index (χ3v) is 4.77. The van der Waals surface area contributed by atoms with E-state index in [1.165, 1.54) is 0 Å². The molecule has 1 aliphatic heterocycles. The first kappa shape index (κ1) is 13.6. The SMILES string of the molecule is COc1cc(C2CC(CN)CN2C)cc2sc(=O)oc12. The maximum absolute atomic E-state index is 11.4. The highest BCUT2D eigenvalue weighted by molar-refractivity contribution is 7.16. The molecule has 0 radical (unpaired) electrons. The van der Waals surface area contributed by atoms with E-state index in [0.717, 1.165) is 34.6 Å². The predicted octanol–water partition coefficient (Wildman–Crippen LogP) is 1.81. The van der Waals surface area contributed by atoms with Crippen LogP contribution in [0, 0.1) is 5.92 Å². The highest BCUT2D eigenvalue weighted by atomic mass is 32.1. The number of hydrogen-bond acceptors (Lipinski definition) is 6. The van der Waals surface area contributed by atoms with Gasteiger partial charge in [-0.2, -0.15) is 0 Å². The van der Waals surface area contributed by atoms with Crippen molar-refractivity contribution in [1.29, 1.82) is 0 Å². The van der Waals surface area contributed by atoms with Crippen LogP contribution in [0.2, 0.25) is 0 Å². The number of rotatable bonds is 3. The Labute approximate surface area is 120 Å². The smallest absolute Gasteiger partial charge is 0.396 e. The van der Waals surface area contributed by atoms with Crippen molar-refractivity contribution in [3.63, 3.8) is 0 Å². The van der Waals surface area contributed by atoms with Crippen LogP contribution in [0.25, 0.3) is 10.3 Å². The largest absolute Gasteiger partial charge is 0.493 e. The van der Waals surface area contributed by atoms with E-state index in [0.29, 0.717) is 29.8 Å². The molecule has 0 aliphatic carbocycles. The zero-order valence-corrected chi connectivity index (χ0v) is 12.4. The lowest BCUT2D eigenvalue weighted by Crippen LogP contribution is -2.20. The summed E-state index contributed by atoms with van der Waals surface area (Å²) in [6, 6.07) is 4.32. The Morgan fingerprint density at radius 2 is 2.35 bits per heavy atom. The van der Waals surface area contributed by atoms with Crippen LogP contribution in [0.5, 0.6) is 5.75 Å². The standard InChI is InChI=1S/C14H18N2O3S/c1-16-7-8(6-15)3-10(16)9-4-11(18-2)13-12(5-9)20-14(17)19-13/h4-5,8,10H,3,6-7,15H2,1-2H3. The highest BCUT2D eigenvalue weighted by Gasteiger charge is 2.30. The van der Waals surface area contributed by atoms with Gasteiger partial charge in [-0.25, -0.2) is 4.79 Å². The summed E-state index contributed by atoms with van der Waals surface area (Å²) < 4.78 is 11.4. The summed E-state index contributed by atoms with van der Waals surface area (Å²) in [5.41, 5.74) is 7.48. The molecule has 0 spiro atoms. The molecule has 1 aromatic heterocycles. The van der Waals surface area contributed by atoms with Crippen molar-refractivity contribution >= 4 is 21.6 Å². The molecule has 3 rings (SSSR count). The molecular weight excluding hydrogens is 276 g/mol. The molecule has 1 fully saturated rings. The molecule has 0 amide bonds. The molecule has 108 valence electrons. The van der Waals surface area contributed by atoms with E-state index in [4.69, 9.17) is 14.9 Å². The molecular formula is C14H18N2O3S. The van der Waals surface area contributed by atoms with Crippen LogP contribution in [0.3, 0.4) is 0 Å². The van der Waals surface area contributed by atoms with Gasteiger partial charge in [0.05, 0.1) is 11.8 Å². The first-order valence-electron chi connectivity index (χ1n) is 6.64. The van der Waals surface area contributed by atoms with E-state index in [-0.39, 0.29) is 4.94 Å². The van der Waals surface area contributed by atoms with Gasteiger partial charge in [-0.3, -0.25) is 4.90 Å². The molecule has 2 N–H and O–H groups in total. The van der Waals surface area contributed by atoms with Gasteiger partial charge < -0.3 is 14.9 Å². The Hall–Kier alpha value is -1.37. The van der Waals surface area contributed by atoms with Gasteiger partial charge >= 0.3 is 4.94 Å². The summed E-state index contributed by atoms with van der Waals surface area (Å²) in [6.45, 7) is 1.71. The van der Waals surface area contributed by atoms with Gasteiger partial charge in [0.25, 0.3) is 0 Å². The molecule has 20 heavy (non-hydrogen) atoms. The second-order valence-electron chi connectivity index (χ2n) is 5.30. The normalized spacial score (nSPS) is 23.6. The maximum Gasteiger partial charge on any atom is 0.396 e. The van der Waals surface area contributed by atoms with Crippen LogP contribution in [-0.4, -0.2) is 32.1 Å². The second-order valence-corrected chi connectivity index (χ2v) is 6.27. The third kappa shape index (κ3) is 2.24. The average molecular weight is 294 g/mol. The molecule has 5 nitrogen and oxygen atoms in total. The number of methoxy groups -OCH3 is 1. The van der Waals surface area contributed by atoms with Crippen LogP contribution in [-0.2, 0) is 0 Å². The molecule has 6 heteroatoms. The van der Waals surface area contributed by atoms with Crippen LogP contribution < -0.4 is 15.4 Å². The summed E-state index contributed by atoms with van der Waals surface area (Å²) >= 11 is 1.12. The Kier molecular flexibility index (Phi) is 3.54. The maximum atomic E-state index is 11.4. The summed E-state index contributed by atoms with van der Waals surface area (Å²) in [5.74, 6) is 1.15. The van der Waals surface area contributed by atoms with Gasteiger partial charge in [-0.05, 0) is 43.6 Å². The minimum atomic E-state index is -0.296. The molecule has 1 saturated heterocycles. The lowest BCUT2D eigenvalue weighted by molar-refractivity contribution is 0.312. The van der Waals surface area contributed by atoms with E-state index in [1.807, 2.05) is 12.1 Å². The van der Waals surface area contributed by atoms with Gasteiger partial charge in [-0.1, -0.05) is 11.3 Å². The number of likely N-dealkylation sites (tertiary alicyclic amines) is 1. The number of nitrogens with two attached hydrogens (primary N) is 1. The molecule has 1 aliphatic rings. The molecule has 2 atom stereocenters. The average Bonchev–Trinajstić information content (AvgIpc) is 2.99. The predicted molar refractivity (Wildman–Crippen MR) is 79.4 cm³/mol. The zero-order valence-electron chi connectivity index (χ0n) is 11.6. The monoisotopic (exact) mass is 294 g/mol. The van der Waals surface area contributed by atoms with Crippen molar-refractivity contribution in [2.24, 2.45) is 11.7 Å². The Balaban J connectivity index is 2.05. The van der Waals surface area contributed by atoms with Gasteiger partial charge in [0.1, 0.15) is 0 Å². The first-order valence-corrected chi connectivity index (χ1v) is 7.46. The Morgan fingerprint density at radius 3 is 3.00 bits per heavy atom. The minimum absolute atomic E-state index is 0.296. The third-order valence-electron chi connectivity index (χ3n) is 3.99.